The number of furan rings is 1. The van der Waals surface area contributed by atoms with Gasteiger partial charge in [-0.15, -0.1) is 0 Å². The molecule has 1 rings (SSSR count). The molecule has 0 aliphatic carbocycles. The van der Waals surface area contributed by atoms with Gasteiger partial charge in [-0.25, -0.2) is 0 Å². The fraction of sp³-hybridized carbons (Fsp3) is 0.615. The topological polar surface area (TPSA) is 51.5 Å². The van der Waals surface area contributed by atoms with Crippen molar-refractivity contribution in [1.29, 1.82) is 0 Å². The maximum atomic E-state index is 11.7. The van der Waals surface area contributed by atoms with Crippen LogP contribution in [0.4, 0.5) is 0 Å². The molecule has 0 fully saturated rings. The van der Waals surface area contributed by atoms with E-state index < -0.39 is 0 Å². The van der Waals surface area contributed by atoms with Gasteiger partial charge in [0.2, 0.25) is 0 Å². The smallest absolute Gasteiger partial charge is 0.323 e. The molecule has 1 unspecified atom stereocenters. The Labute approximate surface area is 112 Å². The molecule has 0 aliphatic heterocycles. The van der Waals surface area contributed by atoms with Gasteiger partial charge in [-0.3, -0.25) is 4.79 Å². The summed E-state index contributed by atoms with van der Waals surface area (Å²) in [5.41, 5.74) is 0. The highest BCUT2D eigenvalue weighted by Gasteiger charge is 2.18. The lowest BCUT2D eigenvalue weighted by molar-refractivity contribution is -0.144. The lowest BCUT2D eigenvalue weighted by Crippen LogP contribution is -2.40. The number of carbonyl (C=O) groups is 1. The first-order chi connectivity index (χ1) is 8.77. The highest BCUT2D eigenvalue weighted by Crippen LogP contribution is 2.14. The minimum absolute atomic E-state index is 0.169. The zero-order valence-electron chi connectivity index (χ0n) is 11.0. The van der Waals surface area contributed by atoms with Crippen LogP contribution in [0.15, 0.2) is 22.8 Å². The molecular weight excluding hydrogens is 250 g/mol. The van der Waals surface area contributed by atoms with E-state index in [9.17, 15) is 4.79 Å². The molecule has 0 radical (unpaired) electrons. The number of esters is 1. The van der Waals surface area contributed by atoms with Crippen LogP contribution in [0, 0.1) is 0 Å². The molecule has 18 heavy (non-hydrogen) atoms. The van der Waals surface area contributed by atoms with E-state index >= 15 is 0 Å². The summed E-state index contributed by atoms with van der Waals surface area (Å²) in [5.74, 6) is 2.23. The van der Waals surface area contributed by atoms with Crippen LogP contribution in [0.3, 0.4) is 0 Å². The first-order valence-corrected chi connectivity index (χ1v) is 7.43. The molecule has 0 spiro atoms. The van der Waals surface area contributed by atoms with E-state index in [1.807, 2.05) is 19.1 Å². The third-order valence-electron chi connectivity index (χ3n) is 2.32. The SMILES string of the molecule is CCCNC(CSCc1ccco1)C(=O)OCC. The van der Waals surface area contributed by atoms with Crippen LogP contribution in [-0.4, -0.2) is 30.9 Å². The Balaban J connectivity index is 2.32. The van der Waals surface area contributed by atoms with Gasteiger partial charge >= 0.3 is 5.97 Å². The normalized spacial score (nSPS) is 12.3. The predicted molar refractivity (Wildman–Crippen MR) is 73.6 cm³/mol. The summed E-state index contributed by atoms with van der Waals surface area (Å²) >= 11 is 1.67. The van der Waals surface area contributed by atoms with Crippen molar-refractivity contribution in [3.05, 3.63) is 24.2 Å². The van der Waals surface area contributed by atoms with Gasteiger partial charge in [0.05, 0.1) is 18.6 Å². The molecule has 0 saturated heterocycles. The van der Waals surface area contributed by atoms with Crippen molar-refractivity contribution in [2.24, 2.45) is 0 Å². The van der Waals surface area contributed by atoms with Crippen LogP contribution in [0.5, 0.6) is 0 Å². The van der Waals surface area contributed by atoms with Gasteiger partial charge in [0.25, 0.3) is 0 Å². The quantitative estimate of drug-likeness (QED) is 0.699. The van der Waals surface area contributed by atoms with Crippen molar-refractivity contribution in [2.45, 2.75) is 32.1 Å². The Hall–Kier alpha value is -0.940. The zero-order valence-corrected chi connectivity index (χ0v) is 11.8. The largest absolute Gasteiger partial charge is 0.468 e. The standard InChI is InChI=1S/C13H21NO3S/c1-3-7-14-12(13(15)16-4-2)10-18-9-11-6-5-8-17-11/h5-6,8,12,14H,3-4,7,9-10H2,1-2H3. The molecule has 0 saturated carbocycles. The van der Waals surface area contributed by atoms with E-state index in [4.69, 9.17) is 9.15 Å². The number of thioether (sulfide) groups is 1. The summed E-state index contributed by atoms with van der Waals surface area (Å²) in [6.07, 6.45) is 2.66. The Morgan fingerprint density at radius 2 is 2.39 bits per heavy atom. The van der Waals surface area contributed by atoms with E-state index in [2.05, 4.69) is 12.2 Å². The van der Waals surface area contributed by atoms with Gasteiger partial charge in [0.1, 0.15) is 11.8 Å². The summed E-state index contributed by atoms with van der Waals surface area (Å²) in [7, 11) is 0. The molecule has 1 heterocycles. The van der Waals surface area contributed by atoms with Crippen molar-refractivity contribution in [1.82, 2.24) is 5.32 Å². The van der Waals surface area contributed by atoms with Crippen molar-refractivity contribution < 1.29 is 13.9 Å². The second-order valence-electron chi connectivity index (χ2n) is 3.85. The van der Waals surface area contributed by atoms with E-state index in [0.717, 1.165) is 24.5 Å². The predicted octanol–water partition coefficient (Wildman–Crippen LogP) is 2.44. The lowest BCUT2D eigenvalue weighted by atomic mass is 10.3. The molecule has 1 aromatic heterocycles. The molecule has 1 N–H and O–H groups in total. The lowest BCUT2D eigenvalue weighted by Gasteiger charge is -2.16. The van der Waals surface area contributed by atoms with E-state index in [-0.39, 0.29) is 12.0 Å². The van der Waals surface area contributed by atoms with Crippen LogP contribution in [0.2, 0.25) is 0 Å². The number of nitrogens with one attached hydrogen (secondary N) is 1. The number of hydrogen-bond donors (Lipinski definition) is 1. The van der Waals surface area contributed by atoms with Gasteiger partial charge < -0.3 is 14.5 Å². The fourth-order valence-electron chi connectivity index (χ4n) is 1.44. The summed E-state index contributed by atoms with van der Waals surface area (Å²) < 4.78 is 10.3. The van der Waals surface area contributed by atoms with Gasteiger partial charge in [0.15, 0.2) is 0 Å². The van der Waals surface area contributed by atoms with E-state index in [1.165, 1.54) is 0 Å². The second-order valence-corrected chi connectivity index (χ2v) is 4.88. The first-order valence-electron chi connectivity index (χ1n) is 6.28. The molecule has 0 amide bonds. The summed E-state index contributed by atoms with van der Waals surface area (Å²) in [5, 5.41) is 3.21. The molecule has 0 aliphatic rings. The summed E-state index contributed by atoms with van der Waals surface area (Å²) in [4.78, 5) is 11.7. The Morgan fingerprint density at radius 1 is 1.56 bits per heavy atom. The monoisotopic (exact) mass is 271 g/mol. The van der Waals surface area contributed by atoms with Gasteiger partial charge in [-0.1, -0.05) is 6.92 Å². The summed E-state index contributed by atoms with van der Waals surface area (Å²) in [6.45, 7) is 5.15. The van der Waals surface area contributed by atoms with E-state index in [0.29, 0.717) is 12.4 Å². The molecule has 0 aromatic carbocycles. The van der Waals surface area contributed by atoms with Gasteiger partial charge in [-0.05, 0) is 32.0 Å². The summed E-state index contributed by atoms with van der Waals surface area (Å²) in [6, 6.07) is 3.57. The number of hydrogen-bond acceptors (Lipinski definition) is 5. The van der Waals surface area contributed by atoms with Gasteiger partial charge in [-0.2, -0.15) is 11.8 Å². The van der Waals surface area contributed by atoms with E-state index in [1.54, 1.807) is 18.0 Å². The highest BCUT2D eigenvalue weighted by atomic mass is 32.2. The number of ether oxygens (including phenoxy) is 1. The van der Waals surface area contributed by atoms with Crippen molar-refractivity contribution in [3.63, 3.8) is 0 Å². The molecule has 5 heteroatoms. The van der Waals surface area contributed by atoms with Crippen LogP contribution in [0.1, 0.15) is 26.0 Å². The first kappa shape index (κ1) is 15.1. The highest BCUT2D eigenvalue weighted by molar-refractivity contribution is 7.98. The average Bonchev–Trinajstić information content (AvgIpc) is 2.86. The second kappa shape index (κ2) is 9.05. The third-order valence-corrected chi connectivity index (χ3v) is 3.38. The molecule has 1 aromatic rings. The van der Waals surface area contributed by atoms with Gasteiger partial charge in [0, 0.05) is 5.75 Å². The zero-order chi connectivity index (χ0) is 13.2. The average molecular weight is 271 g/mol. The van der Waals surface area contributed by atoms with Crippen molar-refractivity contribution >= 4 is 17.7 Å². The molecule has 102 valence electrons. The fourth-order valence-corrected chi connectivity index (χ4v) is 2.42. The Bertz CT molecular complexity index is 327. The van der Waals surface area contributed by atoms with Crippen LogP contribution in [0.25, 0.3) is 0 Å². The molecule has 4 nitrogen and oxygen atoms in total. The minimum Gasteiger partial charge on any atom is -0.468 e. The number of carbonyl (C=O) groups excluding carboxylic acids is 1. The Morgan fingerprint density at radius 3 is 3.00 bits per heavy atom. The molecule has 0 bridgehead atoms. The minimum atomic E-state index is -0.232. The Kier molecular flexibility index (Phi) is 7.60. The van der Waals surface area contributed by atoms with Crippen LogP contribution < -0.4 is 5.32 Å². The van der Waals surface area contributed by atoms with Crippen molar-refractivity contribution in [3.8, 4) is 0 Å². The maximum absolute atomic E-state index is 11.7. The van der Waals surface area contributed by atoms with Crippen molar-refractivity contribution in [2.75, 3.05) is 18.9 Å². The third kappa shape index (κ3) is 5.60. The van der Waals surface area contributed by atoms with Crippen LogP contribution in [-0.2, 0) is 15.3 Å². The van der Waals surface area contributed by atoms with Crippen LogP contribution >= 0.6 is 11.8 Å². The molecule has 1 atom stereocenters. The number of rotatable bonds is 9. The molecular formula is C13H21NO3S. The maximum Gasteiger partial charge on any atom is 0.323 e.